The molecule has 0 radical (unpaired) electrons. The monoisotopic (exact) mass is 286 g/mol. The fourth-order valence-electron chi connectivity index (χ4n) is 1.40. The molecule has 0 unspecified atom stereocenters. The van der Waals surface area contributed by atoms with Gasteiger partial charge < -0.3 is 4.74 Å². The summed E-state index contributed by atoms with van der Waals surface area (Å²) in [5, 5.41) is 0. The maximum absolute atomic E-state index is 11.9. The first-order valence-electron chi connectivity index (χ1n) is 5.86. The van der Waals surface area contributed by atoms with E-state index in [-0.39, 0.29) is 19.7 Å². The van der Waals surface area contributed by atoms with E-state index in [0.29, 0.717) is 0 Å². The van der Waals surface area contributed by atoms with Crippen molar-refractivity contribution in [1.82, 2.24) is 9.03 Å². The van der Waals surface area contributed by atoms with Crippen LogP contribution in [0.3, 0.4) is 0 Å². The van der Waals surface area contributed by atoms with Crippen LogP contribution >= 0.6 is 0 Å². The molecule has 6 nitrogen and oxygen atoms in total. The summed E-state index contributed by atoms with van der Waals surface area (Å²) in [5.74, 6) is -0.598. The molecule has 0 spiro atoms. The number of nitrogens with one attached hydrogen (secondary N) is 1. The topological polar surface area (TPSA) is 75.7 Å². The number of ether oxygens (including phenoxy) is 1. The zero-order chi connectivity index (χ0) is 14.3. The summed E-state index contributed by atoms with van der Waals surface area (Å²) in [6.07, 6.45) is 0. The highest BCUT2D eigenvalue weighted by atomic mass is 32.2. The Hall–Kier alpha value is -1.44. The van der Waals surface area contributed by atoms with Crippen LogP contribution in [0.5, 0.6) is 0 Å². The Bertz CT molecular complexity index is 502. The lowest BCUT2D eigenvalue weighted by atomic mass is 10.2. The van der Waals surface area contributed by atoms with Crippen LogP contribution in [0.4, 0.5) is 0 Å². The largest absolute Gasteiger partial charge is 0.465 e. The predicted octanol–water partition coefficient (Wildman–Crippen LogP) is 0.516. The lowest BCUT2D eigenvalue weighted by Crippen LogP contribution is -2.40. The molecule has 19 heavy (non-hydrogen) atoms. The van der Waals surface area contributed by atoms with Gasteiger partial charge in [-0.15, -0.1) is 0 Å². The molecule has 0 amide bonds. The molecule has 1 N–H and O–H groups in total. The Balaban J connectivity index is 2.55. The summed E-state index contributed by atoms with van der Waals surface area (Å²) in [6, 6.07) is 9.19. The van der Waals surface area contributed by atoms with E-state index in [2.05, 4.69) is 9.46 Å². The summed E-state index contributed by atoms with van der Waals surface area (Å²) in [6.45, 7) is 1.75. The van der Waals surface area contributed by atoms with Crippen molar-refractivity contribution in [2.45, 2.75) is 13.5 Å². The summed E-state index contributed by atoms with van der Waals surface area (Å²) in [5.41, 5.74) is 0.867. The highest BCUT2D eigenvalue weighted by Crippen LogP contribution is 2.05. The highest BCUT2D eigenvalue weighted by molar-refractivity contribution is 7.87. The Morgan fingerprint density at radius 3 is 2.53 bits per heavy atom. The normalized spacial score (nSPS) is 11.5. The summed E-state index contributed by atoms with van der Waals surface area (Å²) < 4.78 is 31.7. The van der Waals surface area contributed by atoms with Crippen molar-refractivity contribution >= 4 is 16.2 Å². The van der Waals surface area contributed by atoms with Crippen LogP contribution in [0.1, 0.15) is 12.5 Å². The Morgan fingerprint density at radius 2 is 1.95 bits per heavy atom. The van der Waals surface area contributed by atoms with Gasteiger partial charge >= 0.3 is 5.97 Å². The molecule has 0 saturated heterocycles. The van der Waals surface area contributed by atoms with Crippen LogP contribution in [0.25, 0.3) is 0 Å². The van der Waals surface area contributed by atoms with Gasteiger partial charge in [-0.1, -0.05) is 30.3 Å². The summed E-state index contributed by atoms with van der Waals surface area (Å²) in [7, 11) is -2.24. The van der Waals surface area contributed by atoms with Crippen LogP contribution < -0.4 is 4.72 Å². The molecule has 0 aliphatic heterocycles. The third-order valence-corrected chi connectivity index (χ3v) is 3.82. The molecule has 0 atom stereocenters. The molecular weight excluding hydrogens is 268 g/mol. The fraction of sp³-hybridized carbons (Fsp3) is 0.417. The molecule has 0 aromatic heterocycles. The van der Waals surface area contributed by atoms with E-state index in [1.165, 1.54) is 7.05 Å². The number of esters is 1. The predicted molar refractivity (Wildman–Crippen MR) is 71.5 cm³/mol. The van der Waals surface area contributed by atoms with Gasteiger partial charge in [0.25, 0.3) is 10.2 Å². The van der Waals surface area contributed by atoms with Gasteiger partial charge in [-0.3, -0.25) is 4.79 Å². The first-order valence-corrected chi connectivity index (χ1v) is 7.30. The second kappa shape index (κ2) is 7.22. The van der Waals surface area contributed by atoms with E-state index in [0.717, 1.165) is 9.87 Å². The minimum Gasteiger partial charge on any atom is -0.465 e. The van der Waals surface area contributed by atoms with Crippen molar-refractivity contribution in [2.75, 3.05) is 20.2 Å². The van der Waals surface area contributed by atoms with Gasteiger partial charge in [0, 0.05) is 13.6 Å². The Labute approximate surface area is 113 Å². The second-order valence-corrected chi connectivity index (χ2v) is 5.73. The number of benzene rings is 1. The average molecular weight is 286 g/mol. The van der Waals surface area contributed by atoms with E-state index < -0.39 is 16.2 Å². The van der Waals surface area contributed by atoms with Gasteiger partial charge in [-0.25, -0.2) is 0 Å². The molecule has 0 bridgehead atoms. The molecular formula is C12H18N2O4S. The third-order valence-electron chi connectivity index (χ3n) is 2.36. The van der Waals surface area contributed by atoms with Gasteiger partial charge in [0.2, 0.25) is 0 Å². The Kier molecular flexibility index (Phi) is 5.94. The van der Waals surface area contributed by atoms with Crippen molar-refractivity contribution < 1.29 is 17.9 Å². The highest BCUT2D eigenvalue weighted by Gasteiger charge is 2.18. The minimum atomic E-state index is -3.69. The van der Waals surface area contributed by atoms with Crippen molar-refractivity contribution in [3.63, 3.8) is 0 Å². The molecule has 106 valence electrons. The zero-order valence-corrected chi connectivity index (χ0v) is 11.8. The molecule has 0 saturated carbocycles. The number of nitrogens with zero attached hydrogens (tertiary/aromatic N) is 1. The standard InChI is InChI=1S/C12H18N2O4S/c1-3-18-12(15)9-13-19(16,17)14(2)10-11-7-5-4-6-8-11/h4-8,13H,3,9-10H2,1-2H3. The Morgan fingerprint density at radius 1 is 1.32 bits per heavy atom. The van der Waals surface area contributed by atoms with Crippen LogP contribution in [0.2, 0.25) is 0 Å². The van der Waals surface area contributed by atoms with E-state index in [4.69, 9.17) is 0 Å². The molecule has 0 aliphatic rings. The molecule has 1 aromatic carbocycles. The minimum absolute atomic E-state index is 0.223. The zero-order valence-electron chi connectivity index (χ0n) is 11.0. The van der Waals surface area contributed by atoms with Crippen LogP contribution in [0, 0.1) is 0 Å². The van der Waals surface area contributed by atoms with Gasteiger partial charge in [-0.2, -0.15) is 17.4 Å². The molecule has 0 aliphatic carbocycles. The van der Waals surface area contributed by atoms with Crippen molar-refractivity contribution in [1.29, 1.82) is 0 Å². The molecule has 1 rings (SSSR count). The van der Waals surface area contributed by atoms with Crippen molar-refractivity contribution in [3.05, 3.63) is 35.9 Å². The average Bonchev–Trinajstić information content (AvgIpc) is 2.38. The number of hydrogen-bond acceptors (Lipinski definition) is 4. The van der Waals surface area contributed by atoms with Gasteiger partial charge in [-0.05, 0) is 12.5 Å². The van der Waals surface area contributed by atoms with Crippen molar-refractivity contribution in [3.8, 4) is 0 Å². The first kappa shape index (κ1) is 15.6. The van der Waals surface area contributed by atoms with E-state index in [1.54, 1.807) is 6.92 Å². The van der Waals surface area contributed by atoms with Crippen LogP contribution in [-0.4, -0.2) is 38.9 Å². The molecule has 0 heterocycles. The van der Waals surface area contributed by atoms with Crippen LogP contribution in [0.15, 0.2) is 30.3 Å². The first-order chi connectivity index (χ1) is 8.95. The molecule has 0 fully saturated rings. The lowest BCUT2D eigenvalue weighted by Gasteiger charge is -2.17. The fourth-order valence-corrected chi connectivity index (χ4v) is 2.24. The maximum atomic E-state index is 11.9. The summed E-state index contributed by atoms with van der Waals surface area (Å²) >= 11 is 0. The number of rotatable bonds is 7. The summed E-state index contributed by atoms with van der Waals surface area (Å²) in [4.78, 5) is 11.1. The van der Waals surface area contributed by atoms with Gasteiger partial charge in [0.05, 0.1) is 6.61 Å². The van der Waals surface area contributed by atoms with E-state index in [9.17, 15) is 13.2 Å². The SMILES string of the molecule is CCOC(=O)CNS(=O)(=O)N(C)Cc1ccccc1. The van der Waals surface area contributed by atoms with Crippen LogP contribution in [-0.2, 0) is 26.3 Å². The number of hydrogen-bond donors (Lipinski definition) is 1. The number of carbonyl (C=O) groups excluding carboxylic acids is 1. The lowest BCUT2D eigenvalue weighted by molar-refractivity contribution is -0.141. The number of carbonyl (C=O) groups is 1. The molecule has 1 aromatic rings. The van der Waals surface area contributed by atoms with E-state index >= 15 is 0 Å². The third kappa shape index (κ3) is 5.37. The van der Waals surface area contributed by atoms with E-state index in [1.807, 2.05) is 30.3 Å². The second-order valence-electron chi connectivity index (χ2n) is 3.87. The molecule has 7 heteroatoms. The van der Waals surface area contributed by atoms with Gasteiger partial charge in [0.15, 0.2) is 0 Å². The quantitative estimate of drug-likeness (QED) is 0.741. The van der Waals surface area contributed by atoms with Gasteiger partial charge in [0.1, 0.15) is 6.54 Å². The smallest absolute Gasteiger partial charge is 0.321 e. The van der Waals surface area contributed by atoms with Crippen molar-refractivity contribution in [2.24, 2.45) is 0 Å². The maximum Gasteiger partial charge on any atom is 0.321 e.